The maximum Gasteiger partial charge on any atom is 0.268 e. The molecule has 0 spiro atoms. The first-order valence-electron chi connectivity index (χ1n) is 7.20. The number of rotatable bonds is 6. The van der Waals surface area contributed by atoms with Crippen LogP contribution in [0.5, 0.6) is 0 Å². The molecular weight excluding hydrogens is 264 g/mol. The third kappa shape index (κ3) is 3.92. The molecule has 0 aliphatic carbocycles. The molecule has 1 unspecified atom stereocenters. The predicted octanol–water partition coefficient (Wildman–Crippen LogP) is 1.79. The normalized spacial score (nSPS) is 12.1. The number of aromatic nitrogens is 2. The number of benzene rings is 1. The van der Waals surface area contributed by atoms with Crippen LogP contribution < -0.4 is 16.2 Å². The molecule has 1 aromatic carbocycles. The van der Waals surface area contributed by atoms with E-state index in [1.54, 1.807) is 12.3 Å². The highest BCUT2D eigenvalue weighted by Gasteiger charge is 2.09. The van der Waals surface area contributed by atoms with Gasteiger partial charge in [-0.15, -0.1) is 0 Å². The molecule has 0 saturated carbocycles. The number of anilines is 1. The SMILES string of the molecule is CCCN(C)c1cnn(CC(N)c2ccccc2)c(=O)c1. The van der Waals surface area contributed by atoms with Crippen LogP contribution in [0.1, 0.15) is 24.9 Å². The van der Waals surface area contributed by atoms with Gasteiger partial charge in [0, 0.05) is 25.7 Å². The van der Waals surface area contributed by atoms with E-state index in [1.165, 1.54) is 4.68 Å². The van der Waals surface area contributed by atoms with E-state index < -0.39 is 0 Å². The van der Waals surface area contributed by atoms with Crippen molar-refractivity contribution in [1.29, 1.82) is 0 Å². The summed E-state index contributed by atoms with van der Waals surface area (Å²) in [5, 5.41) is 4.23. The van der Waals surface area contributed by atoms with E-state index in [0.717, 1.165) is 24.2 Å². The van der Waals surface area contributed by atoms with Gasteiger partial charge in [-0.1, -0.05) is 37.3 Å². The predicted molar refractivity (Wildman–Crippen MR) is 85.4 cm³/mol. The van der Waals surface area contributed by atoms with Crippen molar-refractivity contribution in [2.24, 2.45) is 5.73 Å². The van der Waals surface area contributed by atoms with Gasteiger partial charge in [0.2, 0.25) is 0 Å². The van der Waals surface area contributed by atoms with Gasteiger partial charge >= 0.3 is 0 Å². The summed E-state index contributed by atoms with van der Waals surface area (Å²) in [4.78, 5) is 14.2. The zero-order chi connectivity index (χ0) is 15.2. The quantitative estimate of drug-likeness (QED) is 0.879. The fourth-order valence-electron chi connectivity index (χ4n) is 2.23. The number of nitrogens with zero attached hydrogens (tertiary/aromatic N) is 3. The summed E-state index contributed by atoms with van der Waals surface area (Å²) in [7, 11) is 1.96. The third-order valence-electron chi connectivity index (χ3n) is 3.45. The smallest absolute Gasteiger partial charge is 0.268 e. The highest BCUT2D eigenvalue weighted by atomic mass is 16.1. The molecule has 5 nitrogen and oxygen atoms in total. The average Bonchev–Trinajstić information content (AvgIpc) is 2.50. The van der Waals surface area contributed by atoms with Gasteiger partial charge in [0.05, 0.1) is 18.4 Å². The van der Waals surface area contributed by atoms with Crippen molar-refractivity contribution in [3.63, 3.8) is 0 Å². The minimum Gasteiger partial charge on any atom is -0.373 e. The minimum absolute atomic E-state index is 0.123. The van der Waals surface area contributed by atoms with Gasteiger partial charge < -0.3 is 10.6 Å². The average molecular weight is 286 g/mol. The molecule has 112 valence electrons. The van der Waals surface area contributed by atoms with Gasteiger partial charge in [0.25, 0.3) is 5.56 Å². The van der Waals surface area contributed by atoms with Gasteiger partial charge in [-0.25, -0.2) is 4.68 Å². The van der Waals surface area contributed by atoms with Gasteiger partial charge in [-0.2, -0.15) is 5.10 Å². The Morgan fingerprint density at radius 2 is 2.05 bits per heavy atom. The molecule has 0 fully saturated rings. The van der Waals surface area contributed by atoms with Crippen molar-refractivity contribution in [3.8, 4) is 0 Å². The molecule has 0 bridgehead atoms. The lowest BCUT2D eigenvalue weighted by Gasteiger charge is -2.18. The van der Waals surface area contributed by atoms with Crippen LogP contribution in [0.3, 0.4) is 0 Å². The highest BCUT2D eigenvalue weighted by Crippen LogP contribution is 2.11. The van der Waals surface area contributed by atoms with E-state index in [1.807, 2.05) is 42.3 Å². The highest BCUT2D eigenvalue weighted by molar-refractivity contribution is 5.41. The summed E-state index contributed by atoms with van der Waals surface area (Å²) in [6.07, 6.45) is 2.74. The minimum atomic E-state index is -0.240. The van der Waals surface area contributed by atoms with Crippen LogP contribution in [0.15, 0.2) is 47.4 Å². The topological polar surface area (TPSA) is 64.2 Å². The molecule has 21 heavy (non-hydrogen) atoms. The Bertz CT molecular complexity index is 624. The molecule has 1 aromatic heterocycles. The zero-order valence-electron chi connectivity index (χ0n) is 12.6. The van der Waals surface area contributed by atoms with Gasteiger partial charge in [0.15, 0.2) is 0 Å². The summed E-state index contributed by atoms with van der Waals surface area (Å²) in [6.45, 7) is 3.37. The largest absolute Gasteiger partial charge is 0.373 e. The molecule has 2 N–H and O–H groups in total. The van der Waals surface area contributed by atoms with Crippen LogP contribution in [0.2, 0.25) is 0 Å². The van der Waals surface area contributed by atoms with Crippen molar-refractivity contribution in [2.45, 2.75) is 25.9 Å². The first kappa shape index (κ1) is 15.3. The van der Waals surface area contributed by atoms with Crippen molar-refractivity contribution in [1.82, 2.24) is 9.78 Å². The van der Waals surface area contributed by atoms with E-state index in [-0.39, 0.29) is 11.6 Å². The molecule has 5 heteroatoms. The molecule has 0 aliphatic rings. The summed E-state index contributed by atoms with van der Waals surface area (Å²) in [5.41, 5.74) is 7.85. The third-order valence-corrected chi connectivity index (χ3v) is 3.45. The maximum atomic E-state index is 12.1. The lowest BCUT2D eigenvalue weighted by atomic mass is 10.1. The first-order valence-corrected chi connectivity index (χ1v) is 7.20. The molecule has 0 radical (unpaired) electrons. The van der Waals surface area contributed by atoms with E-state index >= 15 is 0 Å². The van der Waals surface area contributed by atoms with Crippen molar-refractivity contribution < 1.29 is 0 Å². The molecule has 1 atom stereocenters. The van der Waals surface area contributed by atoms with Gasteiger partial charge in [-0.3, -0.25) is 4.79 Å². The Hall–Kier alpha value is -2.14. The van der Waals surface area contributed by atoms with Gasteiger partial charge in [0.1, 0.15) is 0 Å². The zero-order valence-corrected chi connectivity index (χ0v) is 12.6. The lowest BCUT2D eigenvalue weighted by Crippen LogP contribution is -2.30. The molecular formula is C16H22N4O. The first-order chi connectivity index (χ1) is 10.1. The molecule has 2 aromatic rings. The second kappa shape index (κ2) is 7.04. The fourth-order valence-corrected chi connectivity index (χ4v) is 2.23. The van der Waals surface area contributed by atoms with E-state index in [0.29, 0.717) is 6.54 Å². The molecule has 1 heterocycles. The van der Waals surface area contributed by atoms with Crippen molar-refractivity contribution >= 4 is 5.69 Å². The van der Waals surface area contributed by atoms with Crippen molar-refractivity contribution in [2.75, 3.05) is 18.5 Å². The van der Waals surface area contributed by atoms with Crippen LogP contribution in [-0.4, -0.2) is 23.4 Å². The van der Waals surface area contributed by atoms with E-state index in [2.05, 4.69) is 12.0 Å². The van der Waals surface area contributed by atoms with Crippen LogP contribution in [0, 0.1) is 0 Å². The van der Waals surface area contributed by atoms with E-state index in [4.69, 9.17) is 5.73 Å². The van der Waals surface area contributed by atoms with Crippen LogP contribution in [0.4, 0.5) is 5.69 Å². The Kier molecular flexibility index (Phi) is 5.11. The summed E-state index contributed by atoms with van der Waals surface area (Å²) in [6, 6.07) is 11.1. The van der Waals surface area contributed by atoms with Crippen LogP contribution >= 0.6 is 0 Å². The molecule has 0 aliphatic heterocycles. The number of nitrogens with two attached hydrogens (primary N) is 1. The molecule has 2 rings (SSSR count). The monoisotopic (exact) mass is 286 g/mol. The summed E-state index contributed by atoms with van der Waals surface area (Å²) >= 11 is 0. The lowest BCUT2D eigenvalue weighted by molar-refractivity contribution is 0.503. The summed E-state index contributed by atoms with van der Waals surface area (Å²) < 4.78 is 1.42. The van der Waals surface area contributed by atoms with Gasteiger partial charge in [-0.05, 0) is 12.0 Å². The maximum absolute atomic E-state index is 12.1. The second-order valence-electron chi connectivity index (χ2n) is 5.17. The Balaban J connectivity index is 2.13. The van der Waals surface area contributed by atoms with E-state index in [9.17, 15) is 4.79 Å². The summed E-state index contributed by atoms with van der Waals surface area (Å²) in [5.74, 6) is 0. The van der Waals surface area contributed by atoms with Crippen LogP contribution in [0.25, 0.3) is 0 Å². The fraction of sp³-hybridized carbons (Fsp3) is 0.375. The Morgan fingerprint density at radius 3 is 2.67 bits per heavy atom. The molecule has 0 saturated heterocycles. The second-order valence-corrected chi connectivity index (χ2v) is 5.17. The number of hydrogen-bond acceptors (Lipinski definition) is 4. The molecule has 0 amide bonds. The standard InChI is InChI=1S/C16H22N4O/c1-3-9-19(2)14-10-16(21)20(18-11-14)12-15(17)13-7-5-4-6-8-13/h4-8,10-11,15H,3,9,12,17H2,1-2H3. The number of hydrogen-bond donors (Lipinski definition) is 1. The van der Waals surface area contributed by atoms with Crippen molar-refractivity contribution in [3.05, 3.63) is 58.5 Å². The Morgan fingerprint density at radius 1 is 1.33 bits per heavy atom. The Labute approximate surface area is 125 Å². The van der Waals surface area contributed by atoms with Crippen LogP contribution in [-0.2, 0) is 6.54 Å².